The number of rotatable bonds is 3. The number of hydrogen-bond acceptors (Lipinski definition) is 4. The molecule has 1 aromatic carbocycles. The van der Waals surface area contributed by atoms with Crippen LogP contribution in [0.3, 0.4) is 0 Å². The van der Waals surface area contributed by atoms with Gasteiger partial charge in [-0.15, -0.1) is 34.4 Å². The van der Waals surface area contributed by atoms with Crippen molar-refractivity contribution in [2.45, 2.75) is 18.1 Å². The molecule has 0 fully saturated rings. The number of thiophene rings is 1. The van der Waals surface area contributed by atoms with Gasteiger partial charge in [-0.3, -0.25) is 0 Å². The molecule has 3 rings (SSSR count). The first-order valence-corrected chi connectivity index (χ1v) is 9.75. The summed E-state index contributed by atoms with van der Waals surface area (Å²) >= 11 is 11.4. The number of halogens is 1. The topological polar surface area (TPSA) is 12.9 Å². The third-order valence-corrected chi connectivity index (χ3v) is 6.68. The van der Waals surface area contributed by atoms with Crippen molar-refractivity contribution >= 4 is 46.0 Å². The molecule has 0 aliphatic rings. The lowest BCUT2D eigenvalue weighted by Crippen LogP contribution is -1.82. The van der Waals surface area contributed by atoms with E-state index in [0.717, 1.165) is 26.9 Å². The maximum Gasteiger partial charge on any atom is 0.126 e. The lowest BCUT2D eigenvalue weighted by atomic mass is 10.1. The molecular weight excluding hydrogens is 338 g/mol. The lowest BCUT2D eigenvalue weighted by molar-refractivity contribution is 1.38. The molecule has 2 heterocycles. The van der Waals surface area contributed by atoms with Crippen LogP contribution in [-0.4, -0.2) is 11.2 Å². The van der Waals surface area contributed by atoms with E-state index in [-0.39, 0.29) is 0 Å². The quantitative estimate of drug-likeness (QED) is 0.497. The van der Waals surface area contributed by atoms with Gasteiger partial charge in [0, 0.05) is 26.4 Å². The Labute approximate surface area is 142 Å². The molecule has 0 amide bonds. The van der Waals surface area contributed by atoms with Crippen LogP contribution >= 0.6 is 46.0 Å². The minimum atomic E-state index is 0.798. The summed E-state index contributed by atoms with van der Waals surface area (Å²) in [5.74, 6) is 0. The van der Waals surface area contributed by atoms with Gasteiger partial charge in [-0.1, -0.05) is 17.7 Å². The van der Waals surface area contributed by atoms with Crippen molar-refractivity contribution < 1.29 is 0 Å². The second-order valence-corrected chi connectivity index (χ2v) is 8.36. The third-order valence-electron chi connectivity index (χ3n) is 3.19. The smallest absolute Gasteiger partial charge is 0.126 e. The van der Waals surface area contributed by atoms with Crippen LogP contribution in [0.25, 0.3) is 21.8 Å². The fourth-order valence-corrected chi connectivity index (χ4v) is 5.06. The number of nitrogens with zero attached hydrogens (tertiary/aromatic N) is 1. The molecule has 3 aromatic rings. The highest BCUT2D eigenvalue weighted by Crippen LogP contribution is 2.40. The molecule has 0 aliphatic carbocycles. The first-order valence-electron chi connectivity index (χ1n) is 6.45. The maximum atomic E-state index is 6.09. The van der Waals surface area contributed by atoms with E-state index in [1.54, 1.807) is 23.1 Å². The van der Waals surface area contributed by atoms with Crippen LogP contribution in [0, 0.1) is 13.8 Å². The number of hydrogen-bond donors (Lipinski definition) is 0. The second-order valence-electron chi connectivity index (χ2n) is 4.76. The molecule has 1 nitrogen and oxygen atoms in total. The number of aryl methyl sites for hydroxylation is 2. The van der Waals surface area contributed by atoms with E-state index < -0.39 is 0 Å². The van der Waals surface area contributed by atoms with Gasteiger partial charge in [-0.05, 0) is 43.9 Å². The van der Waals surface area contributed by atoms with Gasteiger partial charge < -0.3 is 0 Å². The fourth-order valence-electron chi connectivity index (χ4n) is 2.13. The van der Waals surface area contributed by atoms with Gasteiger partial charge in [-0.25, -0.2) is 4.98 Å². The van der Waals surface area contributed by atoms with Crippen molar-refractivity contribution in [3.8, 4) is 21.8 Å². The van der Waals surface area contributed by atoms with E-state index in [0.29, 0.717) is 0 Å². The highest BCUT2D eigenvalue weighted by Gasteiger charge is 2.13. The number of aromatic nitrogens is 1. The van der Waals surface area contributed by atoms with Gasteiger partial charge in [-0.2, -0.15) is 0 Å². The minimum absolute atomic E-state index is 0.798. The van der Waals surface area contributed by atoms with Gasteiger partial charge in [0.1, 0.15) is 5.01 Å². The zero-order chi connectivity index (χ0) is 15.0. The van der Waals surface area contributed by atoms with Crippen LogP contribution in [0.2, 0.25) is 5.02 Å². The molecule has 0 radical (unpaired) electrons. The average Bonchev–Trinajstić information content (AvgIpc) is 3.08. The van der Waals surface area contributed by atoms with Crippen molar-refractivity contribution in [1.82, 2.24) is 4.98 Å². The molecule has 0 unspecified atom stereocenters. The SMILES string of the molecule is CSc1sc(C)cc1-c1nc(-c2ccc(Cl)c(C)c2)cs1. The van der Waals surface area contributed by atoms with Crippen molar-refractivity contribution in [2.75, 3.05) is 6.26 Å². The van der Waals surface area contributed by atoms with Gasteiger partial charge in [0.2, 0.25) is 0 Å². The van der Waals surface area contributed by atoms with E-state index in [1.165, 1.54) is 14.6 Å². The van der Waals surface area contributed by atoms with Crippen LogP contribution in [0.15, 0.2) is 33.9 Å². The zero-order valence-corrected chi connectivity index (χ0v) is 15.1. The minimum Gasteiger partial charge on any atom is -0.236 e. The van der Waals surface area contributed by atoms with Crippen molar-refractivity contribution in [2.24, 2.45) is 0 Å². The summed E-state index contributed by atoms with van der Waals surface area (Å²) in [5, 5.41) is 4.01. The van der Waals surface area contributed by atoms with Crippen molar-refractivity contribution in [3.05, 3.63) is 45.1 Å². The van der Waals surface area contributed by atoms with E-state index in [4.69, 9.17) is 16.6 Å². The van der Waals surface area contributed by atoms with E-state index in [9.17, 15) is 0 Å². The Morgan fingerprint density at radius 2 is 2.00 bits per heavy atom. The monoisotopic (exact) mass is 351 g/mol. The second kappa shape index (κ2) is 6.13. The van der Waals surface area contributed by atoms with Crippen molar-refractivity contribution in [1.29, 1.82) is 0 Å². The first-order chi connectivity index (χ1) is 10.1. The van der Waals surface area contributed by atoms with Crippen LogP contribution in [-0.2, 0) is 0 Å². The van der Waals surface area contributed by atoms with E-state index in [1.807, 2.05) is 30.4 Å². The number of benzene rings is 1. The summed E-state index contributed by atoms with van der Waals surface area (Å²) in [7, 11) is 0. The molecular formula is C16H14ClNS3. The molecule has 108 valence electrons. The van der Waals surface area contributed by atoms with Crippen LogP contribution in [0.4, 0.5) is 0 Å². The molecule has 0 bridgehead atoms. The average molecular weight is 352 g/mol. The standard InChI is InChI=1S/C16H14ClNS3/c1-9-6-11(4-5-13(9)17)14-8-20-15(18-14)12-7-10(2)21-16(12)19-3/h4-8H,1-3H3. The highest BCUT2D eigenvalue weighted by atomic mass is 35.5. The van der Waals surface area contributed by atoms with Gasteiger partial charge in [0.15, 0.2) is 0 Å². The maximum absolute atomic E-state index is 6.09. The van der Waals surface area contributed by atoms with Crippen LogP contribution < -0.4 is 0 Å². The molecule has 0 aliphatic heterocycles. The van der Waals surface area contributed by atoms with Gasteiger partial charge in [0.25, 0.3) is 0 Å². The Kier molecular flexibility index (Phi) is 4.41. The fraction of sp³-hybridized carbons (Fsp3) is 0.188. The summed E-state index contributed by atoms with van der Waals surface area (Å²) < 4.78 is 1.33. The molecule has 0 saturated heterocycles. The summed E-state index contributed by atoms with van der Waals surface area (Å²) in [6.45, 7) is 4.16. The third kappa shape index (κ3) is 3.04. The van der Waals surface area contributed by atoms with Crippen LogP contribution in [0.1, 0.15) is 10.4 Å². The Morgan fingerprint density at radius 1 is 1.19 bits per heavy atom. The Balaban J connectivity index is 2.01. The largest absolute Gasteiger partial charge is 0.236 e. The van der Waals surface area contributed by atoms with E-state index in [2.05, 4.69) is 30.7 Å². The lowest BCUT2D eigenvalue weighted by Gasteiger charge is -2.01. The summed E-state index contributed by atoms with van der Waals surface area (Å²) in [4.78, 5) is 6.14. The normalized spacial score (nSPS) is 11.0. The zero-order valence-electron chi connectivity index (χ0n) is 11.9. The number of thioether (sulfide) groups is 1. The van der Waals surface area contributed by atoms with Crippen molar-refractivity contribution in [3.63, 3.8) is 0 Å². The molecule has 0 saturated carbocycles. The molecule has 0 spiro atoms. The Bertz CT molecular complexity index is 789. The molecule has 0 atom stereocenters. The molecule has 5 heteroatoms. The summed E-state index contributed by atoms with van der Waals surface area (Å²) in [6, 6.07) is 8.29. The van der Waals surface area contributed by atoms with E-state index >= 15 is 0 Å². The number of thiazole rings is 1. The van der Waals surface area contributed by atoms with Crippen LogP contribution in [0.5, 0.6) is 0 Å². The predicted molar refractivity (Wildman–Crippen MR) is 97.1 cm³/mol. The summed E-state index contributed by atoms with van der Waals surface area (Å²) in [6.07, 6.45) is 2.12. The predicted octanol–water partition coefficient (Wildman–Crippen LogP) is 6.53. The Hall–Kier alpha value is -0.810. The van der Waals surface area contributed by atoms with Gasteiger partial charge >= 0.3 is 0 Å². The summed E-state index contributed by atoms with van der Waals surface area (Å²) in [5.41, 5.74) is 4.48. The molecule has 2 aromatic heterocycles. The first kappa shape index (κ1) is 15.1. The molecule has 21 heavy (non-hydrogen) atoms. The van der Waals surface area contributed by atoms with Gasteiger partial charge in [0.05, 0.1) is 9.90 Å². The molecule has 0 N–H and O–H groups in total. The Morgan fingerprint density at radius 3 is 2.71 bits per heavy atom. The highest BCUT2D eigenvalue weighted by molar-refractivity contribution is 8.00.